The second-order valence-electron chi connectivity index (χ2n) is 4.57. The van der Waals surface area contributed by atoms with Crippen LogP contribution in [0.25, 0.3) is 0 Å². The lowest BCUT2D eigenvalue weighted by Gasteiger charge is -2.31. The summed E-state index contributed by atoms with van der Waals surface area (Å²) in [4.78, 5) is 14.2. The van der Waals surface area contributed by atoms with E-state index in [1.54, 1.807) is 4.90 Å². The Morgan fingerprint density at radius 2 is 1.79 bits per heavy atom. The number of para-hydroxylation sites is 1. The molecule has 0 spiro atoms. The zero-order valence-corrected chi connectivity index (χ0v) is 11.3. The first-order chi connectivity index (χ1) is 9.38. The molecular weight excluding hydrogens is 254 g/mol. The van der Waals surface area contributed by atoms with Gasteiger partial charge in [0.2, 0.25) is 6.41 Å². The fraction of sp³-hybridized carbons (Fsp3) is 0.188. The van der Waals surface area contributed by atoms with Gasteiger partial charge in [-0.15, -0.1) is 11.8 Å². The van der Waals surface area contributed by atoms with E-state index >= 15 is 0 Å². The Kier molecular flexibility index (Phi) is 3.56. The van der Waals surface area contributed by atoms with Crippen LogP contribution in [0.15, 0.2) is 59.5 Å². The molecule has 19 heavy (non-hydrogen) atoms. The number of hydrogen-bond acceptors (Lipinski definition) is 2. The van der Waals surface area contributed by atoms with Crippen molar-refractivity contribution < 1.29 is 4.79 Å². The molecule has 2 aromatic carbocycles. The maximum atomic E-state index is 11.1. The van der Waals surface area contributed by atoms with Crippen molar-refractivity contribution in [3.05, 3.63) is 60.2 Å². The maximum absolute atomic E-state index is 11.1. The van der Waals surface area contributed by atoms with E-state index in [0.717, 1.165) is 25.1 Å². The Balaban J connectivity index is 1.90. The van der Waals surface area contributed by atoms with Gasteiger partial charge in [0.1, 0.15) is 0 Å². The summed E-state index contributed by atoms with van der Waals surface area (Å²) in [5, 5.41) is 0.426. The molecule has 1 aliphatic heterocycles. The lowest BCUT2D eigenvalue weighted by molar-refractivity contribution is -0.107. The van der Waals surface area contributed by atoms with Crippen LogP contribution >= 0.6 is 11.8 Å². The van der Waals surface area contributed by atoms with Gasteiger partial charge in [-0.2, -0.15) is 0 Å². The molecule has 2 nitrogen and oxygen atoms in total. The second kappa shape index (κ2) is 5.49. The van der Waals surface area contributed by atoms with Crippen LogP contribution in [0, 0.1) is 0 Å². The third kappa shape index (κ3) is 2.51. The monoisotopic (exact) mass is 269 g/mol. The average molecular weight is 269 g/mol. The minimum Gasteiger partial charge on any atom is -0.315 e. The molecule has 0 saturated carbocycles. The third-order valence-corrected chi connectivity index (χ3v) is 4.69. The third-order valence-electron chi connectivity index (χ3n) is 3.37. The van der Waals surface area contributed by atoms with Gasteiger partial charge in [-0.25, -0.2) is 0 Å². The molecule has 1 unspecified atom stereocenters. The molecule has 1 heterocycles. The van der Waals surface area contributed by atoms with E-state index in [1.165, 1.54) is 10.5 Å². The molecule has 0 fully saturated rings. The predicted octanol–water partition coefficient (Wildman–Crippen LogP) is 3.89. The van der Waals surface area contributed by atoms with E-state index < -0.39 is 0 Å². The Bertz CT molecular complexity index is 570. The molecule has 1 aliphatic rings. The summed E-state index contributed by atoms with van der Waals surface area (Å²) >= 11 is 1.88. The number of carbonyl (C=O) groups is 1. The summed E-state index contributed by atoms with van der Waals surface area (Å²) in [6, 6.07) is 18.6. The predicted molar refractivity (Wildman–Crippen MR) is 79.5 cm³/mol. The average Bonchev–Trinajstić information content (AvgIpc) is 2.49. The molecule has 0 radical (unpaired) electrons. The minimum absolute atomic E-state index is 0.426. The molecule has 0 aliphatic carbocycles. The fourth-order valence-electron chi connectivity index (χ4n) is 2.45. The van der Waals surface area contributed by atoms with Gasteiger partial charge in [0.05, 0.1) is 0 Å². The lowest BCUT2D eigenvalue weighted by atomic mass is 10.0. The van der Waals surface area contributed by atoms with E-state index in [4.69, 9.17) is 0 Å². The number of carbonyl (C=O) groups excluding carboxylic acids is 1. The smallest absolute Gasteiger partial charge is 0.214 e. The molecule has 0 saturated heterocycles. The number of anilines is 1. The van der Waals surface area contributed by atoms with E-state index in [0.29, 0.717) is 5.25 Å². The second-order valence-corrected chi connectivity index (χ2v) is 5.84. The number of nitrogens with zero attached hydrogens (tertiary/aromatic N) is 1. The molecule has 3 heteroatoms. The lowest BCUT2D eigenvalue weighted by Crippen LogP contribution is -2.28. The van der Waals surface area contributed by atoms with E-state index in [9.17, 15) is 4.79 Å². The Morgan fingerprint density at radius 1 is 1.05 bits per heavy atom. The largest absolute Gasteiger partial charge is 0.315 e. The highest BCUT2D eigenvalue weighted by Gasteiger charge is 2.25. The summed E-state index contributed by atoms with van der Waals surface area (Å²) in [6.07, 6.45) is 1.93. The van der Waals surface area contributed by atoms with Crippen molar-refractivity contribution in [1.29, 1.82) is 0 Å². The Morgan fingerprint density at radius 3 is 2.58 bits per heavy atom. The van der Waals surface area contributed by atoms with Crippen molar-refractivity contribution in [3.63, 3.8) is 0 Å². The molecule has 0 N–H and O–H groups in total. The number of amides is 1. The summed E-state index contributed by atoms with van der Waals surface area (Å²) in [7, 11) is 0. The Hall–Kier alpha value is -1.74. The van der Waals surface area contributed by atoms with Crippen molar-refractivity contribution in [2.24, 2.45) is 0 Å². The van der Waals surface area contributed by atoms with Crippen molar-refractivity contribution in [1.82, 2.24) is 0 Å². The molecule has 3 rings (SSSR count). The number of hydrogen-bond donors (Lipinski definition) is 0. The molecule has 1 atom stereocenters. The van der Waals surface area contributed by atoms with Gasteiger partial charge in [-0.05, 0) is 30.2 Å². The molecule has 1 amide bonds. The zero-order valence-electron chi connectivity index (χ0n) is 10.5. The number of thioether (sulfide) groups is 1. The van der Waals surface area contributed by atoms with E-state index in [1.807, 2.05) is 36.0 Å². The van der Waals surface area contributed by atoms with Crippen LogP contribution in [0.3, 0.4) is 0 Å². The summed E-state index contributed by atoms with van der Waals surface area (Å²) in [5.41, 5.74) is 2.31. The fourth-order valence-corrected chi connectivity index (χ4v) is 3.64. The molecular formula is C16H15NOS. The van der Waals surface area contributed by atoms with Crippen molar-refractivity contribution in [3.8, 4) is 0 Å². The Labute approximate surface area is 117 Å². The summed E-state index contributed by atoms with van der Waals surface area (Å²) < 4.78 is 0. The standard InChI is InChI=1S/C16H15NOS/c18-12-17-11-10-16(14-8-4-5-9-15(14)17)19-13-6-2-1-3-7-13/h1-9,12,16H,10-11H2. The van der Waals surface area contributed by atoms with E-state index in [-0.39, 0.29) is 0 Å². The van der Waals surface area contributed by atoms with Crippen LogP contribution in [0.1, 0.15) is 17.2 Å². The first-order valence-electron chi connectivity index (χ1n) is 6.41. The number of benzene rings is 2. The molecule has 0 bridgehead atoms. The summed E-state index contributed by atoms with van der Waals surface area (Å²) in [5.74, 6) is 0. The van der Waals surface area contributed by atoms with Crippen molar-refractivity contribution in [2.75, 3.05) is 11.4 Å². The summed E-state index contributed by atoms with van der Waals surface area (Å²) in [6.45, 7) is 0.797. The zero-order chi connectivity index (χ0) is 13.1. The maximum Gasteiger partial charge on any atom is 0.214 e. The van der Waals surface area contributed by atoms with Crippen LogP contribution in [0.4, 0.5) is 5.69 Å². The van der Waals surface area contributed by atoms with Gasteiger partial charge in [-0.3, -0.25) is 4.79 Å². The SMILES string of the molecule is O=CN1CCC(Sc2ccccc2)c2ccccc21. The highest BCUT2D eigenvalue weighted by atomic mass is 32.2. The van der Waals surface area contributed by atoms with Gasteiger partial charge in [0.15, 0.2) is 0 Å². The van der Waals surface area contributed by atoms with Crippen molar-refractivity contribution >= 4 is 23.9 Å². The van der Waals surface area contributed by atoms with Gasteiger partial charge in [-0.1, -0.05) is 36.4 Å². The van der Waals surface area contributed by atoms with Gasteiger partial charge in [0, 0.05) is 22.4 Å². The van der Waals surface area contributed by atoms with Crippen LogP contribution in [-0.4, -0.2) is 13.0 Å². The topological polar surface area (TPSA) is 20.3 Å². The molecule has 2 aromatic rings. The van der Waals surface area contributed by atoms with Crippen LogP contribution in [-0.2, 0) is 4.79 Å². The van der Waals surface area contributed by atoms with Crippen molar-refractivity contribution in [2.45, 2.75) is 16.6 Å². The van der Waals surface area contributed by atoms with E-state index in [2.05, 4.69) is 30.3 Å². The normalized spacial score (nSPS) is 17.9. The van der Waals surface area contributed by atoms with Gasteiger partial charge < -0.3 is 4.90 Å². The van der Waals surface area contributed by atoms with Crippen LogP contribution in [0.5, 0.6) is 0 Å². The molecule has 0 aromatic heterocycles. The van der Waals surface area contributed by atoms with Gasteiger partial charge in [0.25, 0.3) is 0 Å². The number of fused-ring (bicyclic) bond motifs is 1. The van der Waals surface area contributed by atoms with Crippen LogP contribution < -0.4 is 4.90 Å². The highest BCUT2D eigenvalue weighted by Crippen LogP contribution is 2.44. The van der Waals surface area contributed by atoms with Crippen LogP contribution in [0.2, 0.25) is 0 Å². The highest BCUT2D eigenvalue weighted by molar-refractivity contribution is 7.99. The minimum atomic E-state index is 0.426. The number of rotatable bonds is 3. The first-order valence-corrected chi connectivity index (χ1v) is 7.29. The quantitative estimate of drug-likeness (QED) is 0.788. The molecule has 96 valence electrons. The first kappa shape index (κ1) is 12.3. The van der Waals surface area contributed by atoms with Gasteiger partial charge >= 0.3 is 0 Å².